The van der Waals surface area contributed by atoms with E-state index in [1.54, 1.807) is 61.7 Å². The number of allylic oxidation sites excluding steroid dienone is 1. The minimum Gasteiger partial charge on any atom is -0.497 e. The fraction of sp³-hybridized carbons (Fsp3) is 0.154. The molecule has 1 aliphatic heterocycles. The van der Waals surface area contributed by atoms with Gasteiger partial charge in [-0.25, -0.2) is 4.79 Å². The number of hydrogen-bond donors (Lipinski definition) is 1. The third-order valence-corrected chi connectivity index (χ3v) is 5.60. The second-order valence-electron chi connectivity index (χ2n) is 7.45. The summed E-state index contributed by atoms with van der Waals surface area (Å²) < 4.78 is 27.3. The summed E-state index contributed by atoms with van der Waals surface area (Å²) in [5.74, 6) is 1.01. The summed E-state index contributed by atoms with van der Waals surface area (Å²) in [7, 11) is 3.09. The third kappa shape index (κ3) is 5.10. The molecule has 0 saturated heterocycles. The molecular weight excluding hydrogens is 472 g/mol. The Morgan fingerprint density at radius 3 is 2.37 bits per heavy atom. The van der Waals surface area contributed by atoms with Gasteiger partial charge < -0.3 is 29.4 Å². The summed E-state index contributed by atoms with van der Waals surface area (Å²) >= 11 is 5.85. The van der Waals surface area contributed by atoms with Gasteiger partial charge in [0.15, 0.2) is 6.61 Å². The van der Waals surface area contributed by atoms with Crippen molar-refractivity contribution in [3.05, 3.63) is 88.3 Å². The van der Waals surface area contributed by atoms with Crippen molar-refractivity contribution in [1.82, 2.24) is 0 Å². The highest BCUT2D eigenvalue weighted by Gasteiger charge is 2.33. The number of halogens is 1. The predicted octanol–water partition coefficient (Wildman–Crippen LogP) is 4.56. The number of esters is 1. The summed E-state index contributed by atoms with van der Waals surface area (Å²) in [5.41, 5.74) is 7.69. The first-order chi connectivity index (χ1) is 16.9. The summed E-state index contributed by atoms with van der Waals surface area (Å²) in [6.45, 7) is -0.300. The van der Waals surface area contributed by atoms with Crippen LogP contribution in [-0.4, -0.2) is 26.8 Å². The molecule has 0 fully saturated rings. The number of carbonyl (C=O) groups is 1. The number of ether oxygens (including phenoxy) is 5. The van der Waals surface area contributed by atoms with Crippen LogP contribution in [0.2, 0.25) is 5.02 Å². The number of nitriles is 1. The maximum Gasteiger partial charge on any atom is 0.349 e. The normalized spacial score (nSPS) is 14.3. The van der Waals surface area contributed by atoms with Gasteiger partial charge >= 0.3 is 5.97 Å². The number of hydrogen-bond acceptors (Lipinski definition) is 8. The number of methoxy groups -OCH3 is 2. The van der Waals surface area contributed by atoms with E-state index in [1.165, 1.54) is 7.11 Å². The van der Waals surface area contributed by atoms with Crippen molar-refractivity contribution in [2.24, 2.45) is 5.73 Å². The fourth-order valence-corrected chi connectivity index (χ4v) is 3.84. The van der Waals surface area contributed by atoms with Crippen LogP contribution in [-0.2, 0) is 4.79 Å². The molecular formula is C26H21ClN2O6. The monoisotopic (exact) mass is 492 g/mol. The summed E-state index contributed by atoms with van der Waals surface area (Å²) in [6.07, 6.45) is 0. The largest absolute Gasteiger partial charge is 0.497 e. The summed E-state index contributed by atoms with van der Waals surface area (Å²) in [6, 6.07) is 18.9. The molecule has 4 rings (SSSR count). The molecule has 0 aromatic heterocycles. The SMILES string of the molecule is COc1ccc(C2C(C#N)=C(N)Oc3cc(OC(=O)COc4ccc(Cl)cc4)ccc32)c(OC)c1. The fourth-order valence-electron chi connectivity index (χ4n) is 3.71. The molecule has 1 unspecified atom stereocenters. The standard InChI is InChI=1S/C26H21ClN2O6/c1-31-17-7-9-19(22(11-17)32-2)25-20-10-8-18(12-23(20)35-26(29)21(25)13-28)34-24(30)14-33-16-5-3-15(27)4-6-16/h3-12,25H,14,29H2,1-2H3. The van der Waals surface area contributed by atoms with Crippen molar-refractivity contribution in [2.45, 2.75) is 5.92 Å². The number of rotatable bonds is 7. The van der Waals surface area contributed by atoms with E-state index in [2.05, 4.69) is 6.07 Å². The number of nitrogens with zero attached hydrogens (tertiary/aromatic N) is 1. The maximum absolute atomic E-state index is 12.3. The van der Waals surface area contributed by atoms with Crippen LogP contribution in [0.15, 0.2) is 72.1 Å². The van der Waals surface area contributed by atoms with E-state index < -0.39 is 11.9 Å². The molecule has 0 aliphatic carbocycles. The highest BCUT2D eigenvalue weighted by molar-refractivity contribution is 6.30. The molecule has 35 heavy (non-hydrogen) atoms. The Hall–Kier alpha value is -4.35. The van der Waals surface area contributed by atoms with E-state index in [0.717, 1.165) is 0 Å². The molecule has 2 N–H and O–H groups in total. The van der Waals surface area contributed by atoms with Crippen molar-refractivity contribution in [2.75, 3.05) is 20.8 Å². The van der Waals surface area contributed by atoms with E-state index in [0.29, 0.717) is 39.1 Å². The lowest BCUT2D eigenvalue weighted by Crippen LogP contribution is -2.22. The quantitative estimate of drug-likeness (QED) is 0.377. The van der Waals surface area contributed by atoms with Crippen molar-refractivity contribution in [3.63, 3.8) is 0 Å². The second-order valence-corrected chi connectivity index (χ2v) is 7.89. The van der Waals surface area contributed by atoms with Crippen molar-refractivity contribution in [3.8, 4) is 34.8 Å². The van der Waals surface area contributed by atoms with Crippen molar-refractivity contribution < 1.29 is 28.5 Å². The zero-order valence-electron chi connectivity index (χ0n) is 18.9. The van der Waals surface area contributed by atoms with Crippen LogP contribution in [0.5, 0.6) is 28.7 Å². The number of benzene rings is 3. The molecule has 3 aromatic rings. The van der Waals surface area contributed by atoms with Crippen LogP contribution in [0.3, 0.4) is 0 Å². The van der Waals surface area contributed by atoms with Gasteiger partial charge in [0.25, 0.3) is 0 Å². The van der Waals surface area contributed by atoms with Crippen LogP contribution in [0, 0.1) is 11.3 Å². The van der Waals surface area contributed by atoms with Gasteiger partial charge in [-0.1, -0.05) is 23.7 Å². The van der Waals surface area contributed by atoms with Gasteiger partial charge in [-0.2, -0.15) is 5.26 Å². The van der Waals surface area contributed by atoms with E-state index in [4.69, 9.17) is 41.0 Å². The average molecular weight is 493 g/mol. The Morgan fingerprint density at radius 2 is 1.69 bits per heavy atom. The first-order valence-corrected chi connectivity index (χ1v) is 10.8. The van der Waals surface area contributed by atoms with Crippen molar-refractivity contribution in [1.29, 1.82) is 5.26 Å². The highest BCUT2D eigenvalue weighted by atomic mass is 35.5. The summed E-state index contributed by atoms with van der Waals surface area (Å²) in [4.78, 5) is 12.3. The zero-order valence-corrected chi connectivity index (χ0v) is 19.7. The minimum atomic E-state index is -0.606. The van der Waals surface area contributed by atoms with Gasteiger partial charge in [0.05, 0.1) is 20.1 Å². The molecule has 8 nitrogen and oxygen atoms in total. The molecule has 0 bridgehead atoms. The Bertz CT molecular complexity index is 1330. The molecule has 1 heterocycles. The van der Waals surface area contributed by atoms with Gasteiger partial charge in [0, 0.05) is 28.3 Å². The lowest BCUT2D eigenvalue weighted by atomic mass is 9.83. The van der Waals surface area contributed by atoms with Gasteiger partial charge in [0.1, 0.15) is 40.4 Å². The third-order valence-electron chi connectivity index (χ3n) is 5.34. The van der Waals surface area contributed by atoms with Crippen LogP contribution in [0.1, 0.15) is 17.0 Å². The Kier molecular flexibility index (Phi) is 6.99. The lowest BCUT2D eigenvalue weighted by Gasteiger charge is -2.27. The molecule has 0 amide bonds. The van der Waals surface area contributed by atoms with Crippen molar-refractivity contribution >= 4 is 17.6 Å². The van der Waals surface area contributed by atoms with Gasteiger partial charge in [0.2, 0.25) is 5.88 Å². The number of nitrogens with two attached hydrogens (primary N) is 1. The maximum atomic E-state index is 12.3. The Balaban J connectivity index is 1.59. The van der Waals surface area contributed by atoms with Gasteiger partial charge in [-0.05, 0) is 36.4 Å². The molecule has 0 radical (unpaired) electrons. The van der Waals surface area contributed by atoms with Crippen LogP contribution < -0.4 is 29.4 Å². The lowest BCUT2D eigenvalue weighted by molar-refractivity contribution is -0.136. The summed E-state index contributed by atoms with van der Waals surface area (Å²) in [5, 5.41) is 10.4. The van der Waals surface area contributed by atoms with E-state index in [1.807, 2.05) is 6.07 Å². The number of carbonyl (C=O) groups excluding carboxylic acids is 1. The van der Waals surface area contributed by atoms with Gasteiger partial charge in [-0.3, -0.25) is 0 Å². The van der Waals surface area contributed by atoms with Crippen LogP contribution in [0.25, 0.3) is 0 Å². The molecule has 9 heteroatoms. The van der Waals surface area contributed by atoms with Crippen LogP contribution >= 0.6 is 11.6 Å². The molecule has 1 aliphatic rings. The van der Waals surface area contributed by atoms with Crippen LogP contribution in [0.4, 0.5) is 0 Å². The topological polar surface area (TPSA) is 113 Å². The average Bonchev–Trinajstić information content (AvgIpc) is 2.87. The van der Waals surface area contributed by atoms with Gasteiger partial charge in [-0.15, -0.1) is 0 Å². The zero-order chi connectivity index (χ0) is 24.9. The Labute approximate surface area is 207 Å². The molecule has 3 aromatic carbocycles. The molecule has 0 saturated carbocycles. The molecule has 178 valence electrons. The minimum absolute atomic E-state index is 0.0441. The predicted molar refractivity (Wildman–Crippen MR) is 128 cm³/mol. The highest BCUT2D eigenvalue weighted by Crippen LogP contribution is 2.46. The van der Waals surface area contributed by atoms with E-state index in [-0.39, 0.29) is 23.8 Å². The van der Waals surface area contributed by atoms with E-state index >= 15 is 0 Å². The smallest absolute Gasteiger partial charge is 0.349 e. The van der Waals surface area contributed by atoms with E-state index in [9.17, 15) is 10.1 Å². The first-order valence-electron chi connectivity index (χ1n) is 10.5. The molecule has 0 spiro atoms. The second kappa shape index (κ2) is 10.3. The number of fused-ring (bicyclic) bond motifs is 1. The molecule has 1 atom stereocenters. The first kappa shape index (κ1) is 23.8. The Morgan fingerprint density at radius 1 is 1.00 bits per heavy atom.